The standard InChI is InChI=1S/C9H7F3N2O/c1-5-3-8(15-9(10,11)12)14-6(2)7(5)4-13/h3H,1-2H3. The molecule has 0 radical (unpaired) electrons. The Morgan fingerprint density at radius 2 is 2.00 bits per heavy atom. The molecule has 0 bridgehead atoms. The van der Waals surface area contributed by atoms with Gasteiger partial charge < -0.3 is 4.74 Å². The van der Waals surface area contributed by atoms with Crippen LogP contribution in [0.25, 0.3) is 0 Å². The monoisotopic (exact) mass is 216 g/mol. The fourth-order valence-electron chi connectivity index (χ4n) is 1.14. The van der Waals surface area contributed by atoms with Crippen molar-refractivity contribution in [3.05, 3.63) is 22.9 Å². The molecule has 0 saturated carbocycles. The summed E-state index contributed by atoms with van der Waals surface area (Å²) in [6.07, 6.45) is -4.76. The average Bonchev–Trinajstić information content (AvgIpc) is 1.99. The predicted molar refractivity (Wildman–Crippen MR) is 45.1 cm³/mol. The lowest BCUT2D eigenvalue weighted by Crippen LogP contribution is -2.18. The first-order valence-electron chi connectivity index (χ1n) is 3.97. The summed E-state index contributed by atoms with van der Waals surface area (Å²) >= 11 is 0. The maximum absolute atomic E-state index is 11.9. The second-order valence-electron chi connectivity index (χ2n) is 2.90. The molecular formula is C9H7F3N2O. The molecule has 0 aromatic carbocycles. The number of halogens is 3. The SMILES string of the molecule is Cc1cc(OC(F)(F)F)nc(C)c1C#N. The maximum Gasteiger partial charge on any atom is 0.574 e. The number of nitriles is 1. The topological polar surface area (TPSA) is 45.9 Å². The molecule has 0 atom stereocenters. The molecule has 0 spiro atoms. The predicted octanol–water partition coefficient (Wildman–Crippen LogP) is 2.47. The Morgan fingerprint density at radius 1 is 1.40 bits per heavy atom. The summed E-state index contributed by atoms with van der Waals surface area (Å²) in [6, 6.07) is 2.94. The fourth-order valence-corrected chi connectivity index (χ4v) is 1.14. The van der Waals surface area contributed by atoms with Gasteiger partial charge in [-0.05, 0) is 19.4 Å². The molecule has 1 heterocycles. The normalized spacial score (nSPS) is 10.9. The average molecular weight is 216 g/mol. The van der Waals surface area contributed by atoms with Gasteiger partial charge in [-0.2, -0.15) is 5.26 Å². The lowest BCUT2D eigenvalue weighted by molar-refractivity contribution is -0.276. The van der Waals surface area contributed by atoms with Crippen molar-refractivity contribution < 1.29 is 17.9 Å². The minimum Gasteiger partial charge on any atom is -0.388 e. The highest BCUT2D eigenvalue weighted by molar-refractivity contribution is 5.42. The van der Waals surface area contributed by atoms with Crippen LogP contribution in [-0.4, -0.2) is 11.3 Å². The van der Waals surface area contributed by atoms with E-state index in [9.17, 15) is 13.2 Å². The van der Waals surface area contributed by atoms with Crippen molar-refractivity contribution >= 4 is 0 Å². The Balaban J connectivity index is 3.11. The molecule has 6 heteroatoms. The van der Waals surface area contributed by atoms with Gasteiger partial charge in [-0.25, -0.2) is 4.98 Å². The van der Waals surface area contributed by atoms with E-state index in [-0.39, 0.29) is 11.3 Å². The van der Waals surface area contributed by atoms with Crippen molar-refractivity contribution in [1.82, 2.24) is 4.98 Å². The van der Waals surface area contributed by atoms with Gasteiger partial charge in [-0.3, -0.25) is 0 Å². The summed E-state index contributed by atoms with van der Waals surface area (Å²) < 4.78 is 39.2. The molecule has 0 saturated heterocycles. The van der Waals surface area contributed by atoms with Crippen LogP contribution >= 0.6 is 0 Å². The molecule has 1 rings (SSSR count). The highest BCUT2D eigenvalue weighted by Crippen LogP contribution is 2.23. The number of hydrogen-bond donors (Lipinski definition) is 0. The summed E-state index contributed by atoms with van der Waals surface area (Å²) in [7, 11) is 0. The van der Waals surface area contributed by atoms with E-state index in [0.717, 1.165) is 6.07 Å². The minimum atomic E-state index is -4.76. The van der Waals surface area contributed by atoms with Gasteiger partial charge in [0.1, 0.15) is 6.07 Å². The van der Waals surface area contributed by atoms with Crippen LogP contribution in [0, 0.1) is 25.2 Å². The van der Waals surface area contributed by atoms with E-state index in [4.69, 9.17) is 5.26 Å². The van der Waals surface area contributed by atoms with Crippen LogP contribution in [-0.2, 0) is 0 Å². The first-order chi connectivity index (χ1) is 6.83. The molecule has 0 amide bonds. The van der Waals surface area contributed by atoms with Crippen LogP contribution in [0.15, 0.2) is 6.07 Å². The largest absolute Gasteiger partial charge is 0.574 e. The van der Waals surface area contributed by atoms with Crippen LogP contribution in [0.3, 0.4) is 0 Å². The van der Waals surface area contributed by atoms with Gasteiger partial charge in [0.25, 0.3) is 0 Å². The van der Waals surface area contributed by atoms with Crippen molar-refractivity contribution in [1.29, 1.82) is 5.26 Å². The Bertz CT molecular complexity index is 397. The summed E-state index contributed by atoms with van der Waals surface area (Å²) in [4.78, 5) is 3.53. The van der Waals surface area contributed by atoms with E-state index in [2.05, 4.69) is 9.72 Å². The number of alkyl halides is 3. The molecule has 80 valence electrons. The number of aryl methyl sites for hydroxylation is 2. The Hall–Kier alpha value is -1.77. The van der Waals surface area contributed by atoms with E-state index < -0.39 is 12.2 Å². The zero-order chi connectivity index (χ0) is 11.6. The van der Waals surface area contributed by atoms with Crippen molar-refractivity contribution in [2.75, 3.05) is 0 Å². The second kappa shape index (κ2) is 3.77. The number of ether oxygens (including phenoxy) is 1. The molecule has 3 nitrogen and oxygen atoms in total. The number of pyridine rings is 1. The molecule has 0 N–H and O–H groups in total. The number of hydrogen-bond acceptors (Lipinski definition) is 3. The molecule has 0 fully saturated rings. The van der Waals surface area contributed by atoms with E-state index >= 15 is 0 Å². The van der Waals surface area contributed by atoms with E-state index in [1.165, 1.54) is 13.8 Å². The van der Waals surface area contributed by atoms with Crippen molar-refractivity contribution in [3.8, 4) is 11.9 Å². The fraction of sp³-hybridized carbons (Fsp3) is 0.333. The zero-order valence-electron chi connectivity index (χ0n) is 8.01. The summed E-state index contributed by atoms with van der Waals surface area (Å²) in [5.74, 6) is -0.545. The first-order valence-corrected chi connectivity index (χ1v) is 3.97. The minimum absolute atomic E-state index is 0.219. The lowest BCUT2D eigenvalue weighted by atomic mass is 10.1. The Kier molecular flexibility index (Phi) is 2.84. The second-order valence-corrected chi connectivity index (χ2v) is 2.90. The summed E-state index contributed by atoms with van der Waals surface area (Å²) in [5, 5.41) is 8.67. The Morgan fingerprint density at radius 3 is 2.40 bits per heavy atom. The number of aromatic nitrogens is 1. The molecule has 1 aromatic heterocycles. The molecule has 0 aliphatic rings. The molecule has 0 unspecified atom stereocenters. The summed E-state index contributed by atoms with van der Waals surface area (Å²) in [6.45, 7) is 2.98. The van der Waals surface area contributed by atoms with Crippen molar-refractivity contribution in [2.45, 2.75) is 20.2 Å². The first kappa shape index (κ1) is 11.3. The zero-order valence-corrected chi connectivity index (χ0v) is 8.01. The maximum atomic E-state index is 11.9. The van der Waals surface area contributed by atoms with Gasteiger partial charge in [0.15, 0.2) is 0 Å². The quantitative estimate of drug-likeness (QED) is 0.724. The third-order valence-electron chi connectivity index (χ3n) is 1.71. The lowest BCUT2D eigenvalue weighted by Gasteiger charge is -2.10. The van der Waals surface area contributed by atoms with Crippen LogP contribution in [0.4, 0.5) is 13.2 Å². The van der Waals surface area contributed by atoms with Crippen LogP contribution in [0.5, 0.6) is 5.88 Å². The van der Waals surface area contributed by atoms with Crippen LogP contribution in [0.2, 0.25) is 0 Å². The van der Waals surface area contributed by atoms with Gasteiger partial charge in [0.2, 0.25) is 5.88 Å². The highest BCUT2D eigenvalue weighted by atomic mass is 19.4. The van der Waals surface area contributed by atoms with Crippen LogP contribution < -0.4 is 4.74 Å². The third kappa shape index (κ3) is 2.84. The van der Waals surface area contributed by atoms with E-state index in [0.29, 0.717) is 5.56 Å². The molecule has 1 aromatic rings. The van der Waals surface area contributed by atoms with Gasteiger partial charge >= 0.3 is 6.36 Å². The van der Waals surface area contributed by atoms with Crippen molar-refractivity contribution in [3.63, 3.8) is 0 Å². The molecule has 0 aliphatic carbocycles. The van der Waals surface area contributed by atoms with Gasteiger partial charge in [-0.1, -0.05) is 0 Å². The molecule has 0 aliphatic heterocycles. The van der Waals surface area contributed by atoms with Crippen molar-refractivity contribution in [2.24, 2.45) is 0 Å². The third-order valence-corrected chi connectivity index (χ3v) is 1.71. The highest BCUT2D eigenvalue weighted by Gasteiger charge is 2.32. The molecular weight excluding hydrogens is 209 g/mol. The van der Waals surface area contributed by atoms with E-state index in [1.54, 1.807) is 0 Å². The summed E-state index contributed by atoms with van der Waals surface area (Å²) in [5.41, 5.74) is 0.894. The van der Waals surface area contributed by atoms with Gasteiger partial charge in [0.05, 0.1) is 11.3 Å². The molecule has 15 heavy (non-hydrogen) atoms. The van der Waals surface area contributed by atoms with Gasteiger partial charge in [0, 0.05) is 6.07 Å². The number of nitrogens with zero attached hydrogens (tertiary/aromatic N) is 2. The number of rotatable bonds is 1. The van der Waals surface area contributed by atoms with E-state index in [1.807, 2.05) is 6.07 Å². The van der Waals surface area contributed by atoms with Gasteiger partial charge in [-0.15, -0.1) is 13.2 Å². The van der Waals surface area contributed by atoms with Crippen LogP contribution in [0.1, 0.15) is 16.8 Å². The Labute approximate surface area is 84.1 Å². The smallest absolute Gasteiger partial charge is 0.388 e.